The van der Waals surface area contributed by atoms with Crippen LogP contribution in [0.4, 0.5) is 0 Å². The quantitative estimate of drug-likeness (QED) is 0.502. The third-order valence-corrected chi connectivity index (χ3v) is 5.64. The van der Waals surface area contributed by atoms with E-state index in [1.165, 1.54) is 5.56 Å². The summed E-state index contributed by atoms with van der Waals surface area (Å²) >= 11 is 0. The van der Waals surface area contributed by atoms with Gasteiger partial charge in [0.1, 0.15) is 17.7 Å². The zero-order valence-electron chi connectivity index (χ0n) is 18.2. The molecule has 1 fully saturated rings. The van der Waals surface area contributed by atoms with E-state index < -0.39 is 0 Å². The zero-order chi connectivity index (χ0) is 21.5. The van der Waals surface area contributed by atoms with Crippen molar-refractivity contribution in [2.75, 3.05) is 19.8 Å². The molecule has 4 rings (SSSR count). The number of amides is 1. The first kappa shape index (κ1) is 21.4. The predicted octanol–water partition coefficient (Wildman–Crippen LogP) is 4.04. The topological polar surface area (TPSA) is 65.4 Å². The number of rotatable bonds is 10. The largest absolute Gasteiger partial charge is 0.494 e. The van der Waals surface area contributed by atoms with E-state index in [1.54, 1.807) is 0 Å². The average Bonchev–Trinajstić information content (AvgIpc) is 3.42. The summed E-state index contributed by atoms with van der Waals surface area (Å²) in [6, 6.07) is 16.4. The van der Waals surface area contributed by atoms with Gasteiger partial charge >= 0.3 is 0 Å². The summed E-state index contributed by atoms with van der Waals surface area (Å²) < 4.78 is 13.6. The summed E-state index contributed by atoms with van der Waals surface area (Å²) in [4.78, 5) is 17.0. The van der Waals surface area contributed by atoms with Crippen molar-refractivity contribution in [3.63, 3.8) is 0 Å². The van der Waals surface area contributed by atoms with Crippen LogP contribution in [-0.2, 0) is 22.5 Å². The molecule has 1 aliphatic heterocycles. The molecule has 3 aromatic rings. The molecule has 0 saturated carbocycles. The first-order valence-electron chi connectivity index (χ1n) is 11.2. The van der Waals surface area contributed by atoms with E-state index in [2.05, 4.69) is 35.0 Å². The Hall–Kier alpha value is -2.86. The number of fused-ring (bicyclic) bond motifs is 1. The highest BCUT2D eigenvalue weighted by molar-refractivity contribution is 5.81. The van der Waals surface area contributed by atoms with E-state index in [4.69, 9.17) is 14.5 Å². The summed E-state index contributed by atoms with van der Waals surface area (Å²) in [7, 11) is 0. The first-order valence-corrected chi connectivity index (χ1v) is 11.2. The number of nitrogens with zero attached hydrogens (tertiary/aromatic N) is 2. The Morgan fingerprint density at radius 1 is 1.23 bits per heavy atom. The number of benzene rings is 2. The Balaban J connectivity index is 1.31. The van der Waals surface area contributed by atoms with Gasteiger partial charge in [-0.3, -0.25) is 4.79 Å². The maximum atomic E-state index is 12.2. The van der Waals surface area contributed by atoms with Crippen LogP contribution in [0, 0.1) is 6.92 Å². The number of hydrogen-bond donors (Lipinski definition) is 1. The summed E-state index contributed by atoms with van der Waals surface area (Å²) in [5.74, 6) is 1.93. The molecule has 1 saturated heterocycles. The maximum Gasteiger partial charge on any atom is 0.249 e. The molecule has 1 aromatic heterocycles. The summed E-state index contributed by atoms with van der Waals surface area (Å²) in [5.41, 5.74) is 3.35. The second kappa shape index (κ2) is 10.4. The molecular weight excluding hydrogens is 390 g/mol. The van der Waals surface area contributed by atoms with Gasteiger partial charge < -0.3 is 19.4 Å². The number of unbranched alkanes of at least 4 members (excludes halogenated alkanes) is 1. The second-order valence-electron chi connectivity index (χ2n) is 8.08. The smallest absolute Gasteiger partial charge is 0.249 e. The van der Waals surface area contributed by atoms with Gasteiger partial charge in [-0.25, -0.2) is 4.98 Å². The molecule has 31 heavy (non-hydrogen) atoms. The average molecular weight is 422 g/mol. The Morgan fingerprint density at radius 2 is 2.13 bits per heavy atom. The Kier molecular flexibility index (Phi) is 7.20. The highest BCUT2D eigenvalue weighted by Crippen LogP contribution is 2.18. The molecule has 6 nitrogen and oxygen atoms in total. The minimum absolute atomic E-state index is 0.00606. The lowest BCUT2D eigenvalue weighted by atomic mass is 10.2. The van der Waals surface area contributed by atoms with Crippen molar-refractivity contribution >= 4 is 16.9 Å². The number of nitrogens with one attached hydrogen (secondary N) is 1. The van der Waals surface area contributed by atoms with Gasteiger partial charge in [0.05, 0.1) is 17.6 Å². The lowest BCUT2D eigenvalue weighted by Gasteiger charge is -2.12. The van der Waals surface area contributed by atoms with Gasteiger partial charge in [-0.2, -0.15) is 0 Å². The highest BCUT2D eigenvalue weighted by atomic mass is 16.5. The second-order valence-corrected chi connectivity index (χ2v) is 8.08. The van der Waals surface area contributed by atoms with Gasteiger partial charge in [0, 0.05) is 26.1 Å². The zero-order valence-corrected chi connectivity index (χ0v) is 18.2. The van der Waals surface area contributed by atoms with Gasteiger partial charge in [0.2, 0.25) is 5.91 Å². The Morgan fingerprint density at radius 3 is 2.97 bits per heavy atom. The fourth-order valence-electron chi connectivity index (χ4n) is 4.03. The molecule has 6 heteroatoms. The van der Waals surface area contributed by atoms with Crippen LogP contribution in [0.15, 0.2) is 48.5 Å². The maximum absolute atomic E-state index is 12.2. The van der Waals surface area contributed by atoms with Crippen molar-refractivity contribution in [1.29, 1.82) is 0 Å². The molecule has 0 spiro atoms. The minimum Gasteiger partial charge on any atom is -0.494 e. The number of para-hydroxylation sites is 2. The monoisotopic (exact) mass is 421 g/mol. The van der Waals surface area contributed by atoms with Crippen molar-refractivity contribution in [2.24, 2.45) is 0 Å². The van der Waals surface area contributed by atoms with Crippen LogP contribution < -0.4 is 10.1 Å². The van der Waals surface area contributed by atoms with E-state index in [9.17, 15) is 4.79 Å². The van der Waals surface area contributed by atoms with Gasteiger partial charge in [0.15, 0.2) is 0 Å². The predicted molar refractivity (Wildman–Crippen MR) is 121 cm³/mol. The first-order chi connectivity index (χ1) is 15.2. The molecule has 1 N–H and O–H groups in total. The van der Waals surface area contributed by atoms with Crippen molar-refractivity contribution in [1.82, 2.24) is 14.9 Å². The van der Waals surface area contributed by atoms with Gasteiger partial charge in [-0.1, -0.05) is 24.3 Å². The molecule has 1 unspecified atom stereocenters. The molecule has 0 radical (unpaired) electrons. The van der Waals surface area contributed by atoms with Crippen LogP contribution in [0.25, 0.3) is 11.0 Å². The number of ether oxygens (including phenoxy) is 2. The highest BCUT2D eigenvalue weighted by Gasteiger charge is 2.23. The van der Waals surface area contributed by atoms with E-state index in [0.717, 1.165) is 54.8 Å². The van der Waals surface area contributed by atoms with Crippen LogP contribution in [0.3, 0.4) is 0 Å². The number of aryl methyl sites for hydroxylation is 2. The van der Waals surface area contributed by atoms with E-state index in [-0.39, 0.29) is 12.0 Å². The van der Waals surface area contributed by atoms with Gasteiger partial charge in [-0.15, -0.1) is 0 Å². The van der Waals surface area contributed by atoms with Crippen molar-refractivity contribution in [2.45, 2.75) is 51.7 Å². The van der Waals surface area contributed by atoms with E-state index in [1.807, 2.05) is 30.3 Å². The fourth-order valence-corrected chi connectivity index (χ4v) is 4.03. The summed E-state index contributed by atoms with van der Waals surface area (Å²) in [5, 5.41) is 3.01. The summed E-state index contributed by atoms with van der Waals surface area (Å²) in [6.45, 7) is 4.90. The molecule has 0 bridgehead atoms. The van der Waals surface area contributed by atoms with Crippen LogP contribution in [0.1, 0.15) is 37.1 Å². The van der Waals surface area contributed by atoms with Crippen molar-refractivity contribution < 1.29 is 14.3 Å². The number of aromatic nitrogens is 2. The van der Waals surface area contributed by atoms with Gasteiger partial charge in [0.25, 0.3) is 0 Å². The molecule has 1 aliphatic rings. The summed E-state index contributed by atoms with van der Waals surface area (Å²) in [6.07, 6.45) is 4.16. The molecule has 1 amide bonds. The molecule has 2 heterocycles. The normalized spacial score (nSPS) is 16.0. The minimum atomic E-state index is -0.285. The van der Waals surface area contributed by atoms with Gasteiger partial charge in [-0.05, 0) is 62.4 Å². The van der Waals surface area contributed by atoms with Crippen LogP contribution >= 0.6 is 0 Å². The standard InChI is InChI=1S/C25H31N3O3/c1-19-8-6-9-20(18-19)30-16-5-4-15-28-22-11-3-2-10-21(22)27-24(28)13-14-26-25(29)23-12-7-17-31-23/h2-3,6,8-11,18,23H,4-5,7,12-17H2,1H3,(H,26,29). The lowest BCUT2D eigenvalue weighted by Crippen LogP contribution is -2.35. The Bertz CT molecular complexity index is 1010. The van der Waals surface area contributed by atoms with E-state index >= 15 is 0 Å². The molecular formula is C25H31N3O3. The number of carbonyl (C=O) groups is 1. The van der Waals surface area contributed by atoms with Crippen LogP contribution in [0.2, 0.25) is 0 Å². The fraction of sp³-hybridized carbons (Fsp3) is 0.440. The number of imidazole rings is 1. The van der Waals surface area contributed by atoms with E-state index in [0.29, 0.717) is 26.2 Å². The van der Waals surface area contributed by atoms with Crippen molar-refractivity contribution in [3.05, 3.63) is 59.9 Å². The number of hydrogen-bond acceptors (Lipinski definition) is 4. The third kappa shape index (κ3) is 5.64. The number of carbonyl (C=O) groups excluding carboxylic acids is 1. The Labute approximate surface area is 183 Å². The molecule has 164 valence electrons. The van der Waals surface area contributed by atoms with Crippen LogP contribution in [-0.4, -0.2) is 41.3 Å². The molecule has 2 aromatic carbocycles. The van der Waals surface area contributed by atoms with Crippen molar-refractivity contribution in [3.8, 4) is 5.75 Å². The lowest BCUT2D eigenvalue weighted by molar-refractivity contribution is -0.130. The van der Waals surface area contributed by atoms with Crippen LogP contribution in [0.5, 0.6) is 5.75 Å². The SMILES string of the molecule is Cc1cccc(OCCCCn2c(CCNC(=O)C3CCCO3)nc3ccccc32)c1. The molecule has 1 atom stereocenters. The third-order valence-electron chi connectivity index (χ3n) is 5.64. The molecule has 0 aliphatic carbocycles.